The first kappa shape index (κ1) is 22.2. The maximum Gasteiger partial charge on any atom is 0.335 e. The number of nitriles is 1. The van der Waals surface area contributed by atoms with E-state index in [1.807, 2.05) is 0 Å². The monoisotopic (exact) mass is 453 g/mol. The molecule has 7 heteroatoms. The van der Waals surface area contributed by atoms with Crippen LogP contribution in [-0.2, 0) is 6.61 Å². The number of methoxy groups -OCH3 is 1. The minimum atomic E-state index is -0.996. The highest BCUT2D eigenvalue weighted by Gasteiger charge is 2.10. The fourth-order valence-corrected chi connectivity index (χ4v) is 3.40. The Morgan fingerprint density at radius 1 is 1.10 bits per heavy atom. The number of aromatic carboxylic acids is 1. The Labute approximate surface area is 189 Å². The van der Waals surface area contributed by atoms with Crippen LogP contribution in [0.25, 0.3) is 11.6 Å². The highest BCUT2D eigenvalue weighted by atomic mass is 35.5. The molecule has 0 aliphatic heterocycles. The molecular formula is C24H17Cl2NO4. The van der Waals surface area contributed by atoms with E-state index in [0.29, 0.717) is 32.7 Å². The summed E-state index contributed by atoms with van der Waals surface area (Å²) in [7, 11) is 1.52. The van der Waals surface area contributed by atoms with Crippen molar-refractivity contribution in [2.45, 2.75) is 6.61 Å². The molecule has 3 aromatic carbocycles. The Bertz CT molecular complexity index is 1200. The standard InChI is InChI=1S/C24H17Cl2NO4/c1-30-23-11-15(9-18(13-27)20-7-6-19(25)12-21(20)26)5-8-22(23)31-14-16-3-2-4-17(10-16)24(28)29/h2-12H,14H2,1H3,(H,28,29)/b18-9-. The van der Waals surface area contributed by atoms with Crippen molar-refractivity contribution in [1.29, 1.82) is 5.26 Å². The van der Waals surface area contributed by atoms with E-state index in [9.17, 15) is 10.1 Å². The number of halogens is 2. The third kappa shape index (κ3) is 5.58. The second-order valence-electron chi connectivity index (χ2n) is 6.50. The summed E-state index contributed by atoms with van der Waals surface area (Å²) in [6.07, 6.45) is 1.69. The maximum absolute atomic E-state index is 11.1. The van der Waals surface area contributed by atoms with Gasteiger partial charge < -0.3 is 14.6 Å². The quantitative estimate of drug-likeness (QED) is 0.333. The van der Waals surface area contributed by atoms with Gasteiger partial charge in [-0.05, 0) is 53.6 Å². The molecule has 156 valence electrons. The highest BCUT2D eigenvalue weighted by molar-refractivity contribution is 6.36. The van der Waals surface area contributed by atoms with Crippen molar-refractivity contribution in [3.05, 3.63) is 93.0 Å². The molecule has 3 aromatic rings. The van der Waals surface area contributed by atoms with Crippen LogP contribution in [0.4, 0.5) is 0 Å². The van der Waals surface area contributed by atoms with Gasteiger partial charge in [0.15, 0.2) is 11.5 Å². The summed E-state index contributed by atoms with van der Waals surface area (Å²) in [5.41, 5.74) is 2.59. The summed E-state index contributed by atoms with van der Waals surface area (Å²) in [6.45, 7) is 0.177. The molecule has 0 amide bonds. The smallest absolute Gasteiger partial charge is 0.335 e. The summed E-state index contributed by atoms with van der Waals surface area (Å²) in [4.78, 5) is 11.1. The molecule has 0 aliphatic carbocycles. The third-order valence-electron chi connectivity index (χ3n) is 4.41. The first-order chi connectivity index (χ1) is 14.9. The van der Waals surface area contributed by atoms with Crippen LogP contribution in [0.5, 0.6) is 11.5 Å². The zero-order valence-corrected chi connectivity index (χ0v) is 17.9. The van der Waals surface area contributed by atoms with Gasteiger partial charge in [0.25, 0.3) is 0 Å². The summed E-state index contributed by atoms with van der Waals surface area (Å²) in [5, 5.41) is 19.6. The molecule has 3 rings (SSSR count). The van der Waals surface area contributed by atoms with Crippen molar-refractivity contribution in [3.8, 4) is 17.6 Å². The van der Waals surface area contributed by atoms with E-state index in [-0.39, 0.29) is 12.2 Å². The lowest BCUT2D eigenvalue weighted by atomic mass is 10.0. The fraction of sp³-hybridized carbons (Fsp3) is 0.0833. The van der Waals surface area contributed by atoms with Crippen LogP contribution < -0.4 is 9.47 Å². The van der Waals surface area contributed by atoms with E-state index in [0.717, 1.165) is 11.1 Å². The van der Waals surface area contributed by atoms with Crippen molar-refractivity contribution in [2.24, 2.45) is 0 Å². The van der Waals surface area contributed by atoms with Crippen LogP contribution in [0.15, 0.2) is 60.7 Å². The Kier molecular flexibility index (Phi) is 7.19. The Hall–Kier alpha value is -3.46. The molecule has 0 aromatic heterocycles. The topological polar surface area (TPSA) is 79.5 Å². The molecule has 0 saturated carbocycles. The van der Waals surface area contributed by atoms with E-state index in [2.05, 4.69) is 6.07 Å². The normalized spacial score (nSPS) is 11.0. The minimum absolute atomic E-state index is 0.177. The molecule has 0 saturated heterocycles. The van der Waals surface area contributed by atoms with E-state index in [1.165, 1.54) is 13.2 Å². The van der Waals surface area contributed by atoms with Gasteiger partial charge in [0.05, 0.1) is 29.3 Å². The van der Waals surface area contributed by atoms with E-state index in [4.69, 9.17) is 37.8 Å². The molecule has 31 heavy (non-hydrogen) atoms. The Morgan fingerprint density at radius 2 is 1.90 bits per heavy atom. The molecule has 0 spiro atoms. The molecule has 5 nitrogen and oxygen atoms in total. The number of rotatable bonds is 7. The number of hydrogen-bond donors (Lipinski definition) is 1. The van der Waals surface area contributed by atoms with Crippen LogP contribution in [0.2, 0.25) is 10.0 Å². The number of ether oxygens (including phenoxy) is 2. The van der Waals surface area contributed by atoms with Crippen molar-refractivity contribution < 1.29 is 19.4 Å². The molecular weight excluding hydrogens is 437 g/mol. The Morgan fingerprint density at radius 3 is 2.58 bits per heavy atom. The van der Waals surface area contributed by atoms with E-state index in [1.54, 1.807) is 60.7 Å². The van der Waals surface area contributed by atoms with Crippen molar-refractivity contribution in [1.82, 2.24) is 0 Å². The number of carbonyl (C=O) groups is 1. The van der Waals surface area contributed by atoms with Gasteiger partial charge in [-0.25, -0.2) is 4.79 Å². The largest absolute Gasteiger partial charge is 0.493 e. The zero-order valence-electron chi connectivity index (χ0n) is 16.4. The van der Waals surface area contributed by atoms with Gasteiger partial charge in [-0.15, -0.1) is 0 Å². The van der Waals surface area contributed by atoms with E-state index < -0.39 is 5.97 Å². The van der Waals surface area contributed by atoms with Crippen LogP contribution in [0.1, 0.15) is 27.0 Å². The highest BCUT2D eigenvalue weighted by Crippen LogP contribution is 2.32. The van der Waals surface area contributed by atoms with Gasteiger partial charge in [0.2, 0.25) is 0 Å². The van der Waals surface area contributed by atoms with Crippen LogP contribution in [0.3, 0.4) is 0 Å². The first-order valence-electron chi connectivity index (χ1n) is 9.11. The molecule has 1 N–H and O–H groups in total. The molecule has 0 radical (unpaired) electrons. The number of benzene rings is 3. The average molecular weight is 454 g/mol. The number of allylic oxidation sites excluding steroid dienone is 1. The number of hydrogen-bond acceptors (Lipinski definition) is 4. The lowest BCUT2D eigenvalue weighted by Gasteiger charge is -2.12. The number of nitrogens with zero attached hydrogens (tertiary/aromatic N) is 1. The lowest BCUT2D eigenvalue weighted by Crippen LogP contribution is -2.01. The van der Waals surface area contributed by atoms with Crippen LogP contribution in [0, 0.1) is 11.3 Å². The summed E-state index contributed by atoms with van der Waals surface area (Å²) in [6, 6.07) is 18.9. The van der Waals surface area contributed by atoms with Gasteiger partial charge in [-0.2, -0.15) is 5.26 Å². The summed E-state index contributed by atoms with van der Waals surface area (Å²) < 4.78 is 11.2. The Balaban J connectivity index is 1.84. The molecule has 0 heterocycles. The SMILES string of the molecule is COc1cc(/C=C(/C#N)c2ccc(Cl)cc2Cl)ccc1OCc1cccc(C(=O)O)c1. The van der Waals surface area contributed by atoms with Gasteiger partial charge in [-0.3, -0.25) is 0 Å². The van der Waals surface area contributed by atoms with E-state index >= 15 is 0 Å². The van der Waals surface area contributed by atoms with Crippen LogP contribution in [-0.4, -0.2) is 18.2 Å². The van der Waals surface area contributed by atoms with Crippen molar-refractivity contribution in [2.75, 3.05) is 7.11 Å². The van der Waals surface area contributed by atoms with Gasteiger partial charge in [0, 0.05) is 10.6 Å². The van der Waals surface area contributed by atoms with Crippen molar-refractivity contribution in [3.63, 3.8) is 0 Å². The molecule has 0 bridgehead atoms. The molecule has 0 fully saturated rings. The van der Waals surface area contributed by atoms with Gasteiger partial charge in [0.1, 0.15) is 6.61 Å². The lowest BCUT2D eigenvalue weighted by molar-refractivity contribution is 0.0696. The second kappa shape index (κ2) is 10.0. The predicted molar refractivity (Wildman–Crippen MR) is 121 cm³/mol. The van der Waals surface area contributed by atoms with Crippen LogP contribution >= 0.6 is 23.2 Å². The van der Waals surface area contributed by atoms with Crippen molar-refractivity contribution >= 4 is 40.8 Å². The minimum Gasteiger partial charge on any atom is -0.493 e. The zero-order chi connectivity index (χ0) is 22.4. The second-order valence-corrected chi connectivity index (χ2v) is 7.34. The maximum atomic E-state index is 11.1. The predicted octanol–water partition coefficient (Wildman–Crippen LogP) is 6.34. The number of carboxylic acid groups (broad SMARTS) is 1. The molecule has 0 unspecified atom stereocenters. The average Bonchev–Trinajstić information content (AvgIpc) is 2.77. The first-order valence-corrected chi connectivity index (χ1v) is 9.87. The fourth-order valence-electron chi connectivity index (χ4n) is 2.89. The van der Waals surface area contributed by atoms with Gasteiger partial charge >= 0.3 is 5.97 Å². The summed E-state index contributed by atoms with van der Waals surface area (Å²) >= 11 is 12.2. The third-order valence-corrected chi connectivity index (χ3v) is 4.96. The molecule has 0 atom stereocenters. The number of carboxylic acids is 1. The molecule has 0 aliphatic rings. The van der Waals surface area contributed by atoms with Gasteiger partial charge in [-0.1, -0.05) is 47.5 Å². The summed E-state index contributed by atoms with van der Waals surface area (Å²) in [5.74, 6) is -0.0318.